The Morgan fingerprint density at radius 3 is 1.90 bits per heavy atom. The number of anilines is 1. The van der Waals surface area contributed by atoms with Gasteiger partial charge in [0.1, 0.15) is 0 Å². The standard InChI is InChI=1S/C26H26N2O2/c29-24(27-19-26(17-7-8-18-26)22-11-5-2-6-12-22)21-13-15-23(16-14-21)28-25(30)20-9-3-1-4-10-20/h1-6,9-16H,7-8,17-19H2,(H,27,29)(H,28,30). The van der Waals surface area contributed by atoms with E-state index in [1.54, 1.807) is 36.4 Å². The van der Waals surface area contributed by atoms with Crippen LogP contribution in [0.4, 0.5) is 5.69 Å². The van der Waals surface area contributed by atoms with Crippen molar-refractivity contribution in [1.82, 2.24) is 5.32 Å². The second kappa shape index (κ2) is 8.95. The molecule has 0 unspecified atom stereocenters. The monoisotopic (exact) mass is 398 g/mol. The van der Waals surface area contributed by atoms with E-state index in [1.807, 2.05) is 24.3 Å². The molecule has 1 saturated carbocycles. The van der Waals surface area contributed by atoms with Crippen molar-refractivity contribution in [3.63, 3.8) is 0 Å². The van der Waals surface area contributed by atoms with Crippen molar-refractivity contribution >= 4 is 17.5 Å². The minimum atomic E-state index is -0.168. The van der Waals surface area contributed by atoms with E-state index in [1.165, 1.54) is 18.4 Å². The predicted molar refractivity (Wildman–Crippen MR) is 120 cm³/mol. The molecule has 0 spiro atoms. The van der Waals surface area contributed by atoms with Crippen LogP contribution in [0.15, 0.2) is 84.9 Å². The number of carbonyl (C=O) groups excluding carboxylic acids is 2. The number of hydrogen-bond acceptors (Lipinski definition) is 2. The second-order valence-electron chi connectivity index (χ2n) is 7.93. The highest BCUT2D eigenvalue weighted by Gasteiger charge is 2.35. The van der Waals surface area contributed by atoms with Gasteiger partial charge in [-0.3, -0.25) is 9.59 Å². The molecule has 3 aromatic carbocycles. The number of rotatable bonds is 6. The van der Waals surface area contributed by atoms with Crippen molar-refractivity contribution < 1.29 is 9.59 Å². The van der Waals surface area contributed by atoms with Gasteiger partial charge in [0, 0.05) is 28.8 Å². The fourth-order valence-corrected chi connectivity index (χ4v) is 4.26. The quantitative estimate of drug-likeness (QED) is 0.601. The maximum Gasteiger partial charge on any atom is 0.255 e. The molecule has 0 heterocycles. The molecular formula is C26H26N2O2. The van der Waals surface area contributed by atoms with Crippen molar-refractivity contribution in [2.45, 2.75) is 31.1 Å². The molecule has 1 aliphatic rings. The average Bonchev–Trinajstić information content (AvgIpc) is 3.29. The largest absolute Gasteiger partial charge is 0.351 e. The molecule has 0 atom stereocenters. The Hall–Kier alpha value is -3.40. The summed E-state index contributed by atoms with van der Waals surface area (Å²) in [6.45, 7) is 0.641. The molecule has 0 aliphatic heterocycles. The summed E-state index contributed by atoms with van der Waals surface area (Å²) in [4.78, 5) is 25.0. The van der Waals surface area contributed by atoms with Crippen molar-refractivity contribution in [1.29, 1.82) is 0 Å². The van der Waals surface area contributed by atoms with Gasteiger partial charge in [0.25, 0.3) is 11.8 Å². The predicted octanol–water partition coefficient (Wildman–Crippen LogP) is 5.18. The van der Waals surface area contributed by atoms with Gasteiger partial charge in [-0.25, -0.2) is 0 Å². The van der Waals surface area contributed by atoms with Crippen LogP contribution in [0.5, 0.6) is 0 Å². The fraction of sp³-hybridized carbons (Fsp3) is 0.231. The summed E-state index contributed by atoms with van der Waals surface area (Å²) in [5.41, 5.74) is 3.19. The van der Waals surface area contributed by atoms with E-state index in [2.05, 4.69) is 34.9 Å². The van der Waals surface area contributed by atoms with Gasteiger partial charge in [0.2, 0.25) is 0 Å². The lowest BCUT2D eigenvalue weighted by atomic mass is 9.79. The van der Waals surface area contributed by atoms with Crippen molar-refractivity contribution in [3.05, 3.63) is 102 Å². The molecule has 0 aromatic heterocycles. The van der Waals surface area contributed by atoms with E-state index in [4.69, 9.17) is 0 Å². The van der Waals surface area contributed by atoms with Gasteiger partial charge < -0.3 is 10.6 Å². The fourth-order valence-electron chi connectivity index (χ4n) is 4.26. The lowest BCUT2D eigenvalue weighted by Crippen LogP contribution is -2.39. The van der Waals surface area contributed by atoms with Gasteiger partial charge in [0.05, 0.1) is 0 Å². The van der Waals surface area contributed by atoms with E-state index in [0.717, 1.165) is 12.8 Å². The first-order chi connectivity index (χ1) is 14.7. The second-order valence-corrected chi connectivity index (χ2v) is 7.93. The van der Waals surface area contributed by atoms with Crippen LogP contribution >= 0.6 is 0 Å². The third kappa shape index (κ3) is 4.43. The zero-order chi connectivity index (χ0) is 20.8. The summed E-state index contributed by atoms with van der Waals surface area (Å²) in [6, 6.07) is 26.6. The molecule has 2 N–H and O–H groups in total. The smallest absolute Gasteiger partial charge is 0.255 e. The first-order valence-electron chi connectivity index (χ1n) is 10.5. The summed E-state index contributed by atoms with van der Waals surface area (Å²) in [7, 11) is 0. The molecule has 1 aliphatic carbocycles. The van der Waals surface area contributed by atoms with E-state index >= 15 is 0 Å². The first-order valence-corrected chi connectivity index (χ1v) is 10.5. The van der Waals surface area contributed by atoms with Crippen LogP contribution < -0.4 is 10.6 Å². The zero-order valence-electron chi connectivity index (χ0n) is 16.9. The first kappa shape index (κ1) is 19.9. The summed E-state index contributed by atoms with van der Waals surface area (Å²) in [6.07, 6.45) is 4.59. The van der Waals surface area contributed by atoms with Crippen molar-refractivity contribution in [2.75, 3.05) is 11.9 Å². The Balaban J connectivity index is 1.38. The van der Waals surface area contributed by atoms with Crippen LogP contribution in [0.3, 0.4) is 0 Å². The molecule has 3 aromatic rings. The Kier molecular flexibility index (Phi) is 5.94. The van der Waals surface area contributed by atoms with Gasteiger partial charge in [-0.05, 0) is 54.8 Å². The number of carbonyl (C=O) groups is 2. The topological polar surface area (TPSA) is 58.2 Å². The Morgan fingerprint density at radius 1 is 0.700 bits per heavy atom. The minimum Gasteiger partial charge on any atom is -0.351 e. The van der Waals surface area contributed by atoms with Gasteiger partial charge in [-0.15, -0.1) is 0 Å². The Bertz CT molecular complexity index is 992. The molecule has 152 valence electrons. The Labute approximate surface area is 177 Å². The van der Waals surface area contributed by atoms with E-state index in [-0.39, 0.29) is 17.2 Å². The molecule has 0 saturated heterocycles. The van der Waals surface area contributed by atoms with E-state index < -0.39 is 0 Å². The highest BCUT2D eigenvalue weighted by molar-refractivity contribution is 6.04. The lowest BCUT2D eigenvalue weighted by Gasteiger charge is -2.30. The van der Waals surface area contributed by atoms with Gasteiger partial charge in [0.15, 0.2) is 0 Å². The summed E-state index contributed by atoms with van der Waals surface area (Å²) < 4.78 is 0. The molecule has 0 bridgehead atoms. The number of nitrogens with one attached hydrogen (secondary N) is 2. The molecule has 30 heavy (non-hydrogen) atoms. The number of benzene rings is 3. The lowest BCUT2D eigenvalue weighted by molar-refractivity contribution is 0.0942. The van der Waals surface area contributed by atoms with Gasteiger partial charge in [-0.2, -0.15) is 0 Å². The van der Waals surface area contributed by atoms with E-state index in [9.17, 15) is 9.59 Å². The SMILES string of the molecule is O=C(NCC1(c2ccccc2)CCCC1)c1ccc(NC(=O)c2ccccc2)cc1. The molecule has 4 heteroatoms. The number of amides is 2. The maximum absolute atomic E-state index is 12.7. The number of hydrogen-bond donors (Lipinski definition) is 2. The van der Waals surface area contributed by atoms with Crippen LogP contribution in [0, 0.1) is 0 Å². The molecule has 1 fully saturated rings. The van der Waals surface area contributed by atoms with Crippen LogP contribution in [-0.2, 0) is 5.41 Å². The summed E-state index contributed by atoms with van der Waals surface area (Å²) >= 11 is 0. The van der Waals surface area contributed by atoms with Crippen LogP contribution in [0.1, 0.15) is 52.0 Å². The normalized spacial score (nSPS) is 14.8. The van der Waals surface area contributed by atoms with Crippen LogP contribution in [0.25, 0.3) is 0 Å². The van der Waals surface area contributed by atoms with Crippen LogP contribution in [0.2, 0.25) is 0 Å². The van der Waals surface area contributed by atoms with E-state index in [0.29, 0.717) is 23.4 Å². The minimum absolute atomic E-state index is 0.0283. The third-order valence-corrected chi connectivity index (χ3v) is 5.98. The Morgan fingerprint density at radius 2 is 1.27 bits per heavy atom. The van der Waals surface area contributed by atoms with Crippen molar-refractivity contribution in [3.8, 4) is 0 Å². The molecule has 4 nitrogen and oxygen atoms in total. The van der Waals surface area contributed by atoms with Crippen molar-refractivity contribution in [2.24, 2.45) is 0 Å². The van der Waals surface area contributed by atoms with Gasteiger partial charge >= 0.3 is 0 Å². The molecule has 4 rings (SSSR count). The molecular weight excluding hydrogens is 372 g/mol. The summed E-state index contributed by atoms with van der Waals surface area (Å²) in [5.74, 6) is -0.253. The maximum atomic E-state index is 12.7. The summed E-state index contributed by atoms with van der Waals surface area (Å²) in [5, 5.41) is 6.00. The molecule has 0 radical (unpaired) electrons. The third-order valence-electron chi connectivity index (χ3n) is 5.98. The highest BCUT2D eigenvalue weighted by atomic mass is 16.2. The average molecular weight is 399 g/mol. The molecule has 2 amide bonds. The van der Waals surface area contributed by atoms with Gasteiger partial charge in [-0.1, -0.05) is 61.4 Å². The van der Waals surface area contributed by atoms with Crippen LogP contribution in [-0.4, -0.2) is 18.4 Å². The highest BCUT2D eigenvalue weighted by Crippen LogP contribution is 2.40. The zero-order valence-corrected chi connectivity index (χ0v) is 16.9.